The molecule has 1 aliphatic carbocycles. The van der Waals surface area contributed by atoms with Crippen LogP contribution in [0.3, 0.4) is 0 Å². The summed E-state index contributed by atoms with van der Waals surface area (Å²) in [4.78, 5) is 13.6. The molecule has 3 rings (SSSR count). The van der Waals surface area contributed by atoms with E-state index in [0.717, 1.165) is 30.5 Å². The third kappa shape index (κ3) is 2.87. The molecule has 110 valence electrons. The Kier molecular flexibility index (Phi) is 4.08. The third-order valence-electron chi connectivity index (χ3n) is 3.62. The van der Waals surface area contributed by atoms with Gasteiger partial charge in [-0.05, 0) is 48.4 Å². The SMILES string of the molecule is O=C(Nc1c(F)cc(Br)cc1F)C1CCCc2sccc21. The number of thiophene rings is 1. The van der Waals surface area contributed by atoms with Crippen molar-refractivity contribution in [2.24, 2.45) is 0 Å². The molecule has 0 saturated heterocycles. The van der Waals surface area contributed by atoms with Crippen LogP contribution < -0.4 is 5.32 Å². The van der Waals surface area contributed by atoms with E-state index in [9.17, 15) is 13.6 Å². The Labute approximate surface area is 133 Å². The van der Waals surface area contributed by atoms with Crippen LogP contribution in [0.2, 0.25) is 0 Å². The van der Waals surface area contributed by atoms with Crippen LogP contribution in [-0.2, 0) is 11.2 Å². The minimum atomic E-state index is -0.781. The molecule has 1 amide bonds. The normalized spacial score (nSPS) is 17.4. The number of carbonyl (C=O) groups is 1. The van der Waals surface area contributed by atoms with E-state index >= 15 is 0 Å². The molecule has 0 radical (unpaired) electrons. The minimum Gasteiger partial charge on any atom is -0.321 e. The highest BCUT2D eigenvalue weighted by Crippen LogP contribution is 2.36. The Balaban J connectivity index is 1.86. The molecule has 1 aromatic carbocycles. The average Bonchev–Trinajstić information content (AvgIpc) is 2.90. The van der Waals surface area contributed by atoms with Crippen LogP contribution in [0.25, 0.3) is 0 Å². The molecule has 0 bridgehead atoms. The van der Waals surface area contributed by atoms with Crippen LogP contribution >= 0.6 is 27.3 Å². The van der Waals surface area contributed by atoms with Crippen LogP contribution in [0.15, 0.2) is 28.1 Å². The van der Waals surface area contributed by atoms with Crippen LogP contribution in [0.1, 0.15) is 29.2 Å². The monoisotopic (exact) mass is 371 g/mol. The largest absolute Gasteiger partial charge is 0.321 e. The van der Waals surface area contributed by atoms with E-state index in [1.807, 2.05) is 11.4 Å². The highest BCUT2D eigenvalue weighted by Gasteiger charge is 2.28. The van der Waals surface area contributed by atoms with Gasteiger partial charge < -0.3 is 5.32 Å². The van der Waals surface area contributed by atoms with Crippen LogP contribution in [0, 0.1) is 11.6 Å². The van der Waals surface area contributed by atoms with E-state index in [2.05, 4.69) is 21.2 Å². The second-order valence-electron chi connectivity index (χ2n) is 4.98. The lowest BCUT2D eigenvalue weighted by Crippen LogP contribution is -2.24. The van der Waals surface area contributed by atoms with Gasteiger partial charge in [-0.2, -0.15) is 0 Å². The number of halogens is 3. The van der Waals surface area contributed by atoms with Gasteiger partial charge in [0.1, 0.15) is 5.69 Å². The molecule has 0 saturated carbocycles. The van der Waals surface area contributed by atoms with E-state index in [-0.39, 0.29) is 17.5 Å². The number of amides is 1. The van der Waals surface area contributed by atoms with Gasteiger partial charge in [0.15, 0.2) is 11.6 Å². The smallest absolute Gasteiger partial charge is 0.232 e. The Morgan fingerprint density at radius 2 is 2.05 bits per heavy atom. The Bertz CT molecular complexity index is 678. The van der Waals surface area contributed by atoms with Crippen LogP contribution in [0.4, 0.5) is 14.5 Å². The highest BCUT2D eigenvalue weighted by atomic mass is 79.9. The van der Waals surface area contributed by atoms with Crippen LogP contribution in [0.5, 0.6) is 0 Å². The Morgan fingerprint density at radius 3 is 2.76 bits per heavy atom. The number of nitrogens with one attached hydrogen (secondary N) is 1. The van der Waals surface area contributed by atoms with Crippen molar-refractivity contribution < 1.29 is 13.6 Å². The second kappa shape index (κ2) is 5.85. The predicted octanol–water partition coefficient (Wildman–Crippen LogP) is 4.85. The Morgan fingerprint density at radius 1 is 1.33 bits per heavy atom. The van der Waals surface area contributed by atoms with Crippen LogP contribution in [-0.4, -0.2) is 5.91 Å². The van der Waals surface area contributed by atoms with Crippen molar-refractivity contribution in [3.8, 4) is 0 Å². The number of benzene rings is 1. The molecule has 1 heterocycles. The molecule has 1 unspecified atom stereocenters. The molecule has 2 aromatic rings. The summed E-state index contributed by atoms with van der Waals surface area (Å²) in [5, 5.41) is 4.36. The molecule has 1 aliphatic rings. The summed E-state index contributed by atoms with van der Waals surface area (Å²) in [5.74, 6) is -2.25. The number of hydrogen-bond donors (Lipinski definition) is 1. The number of hydrogen-bond acceptors (Lipinski definition) is 2. The minimum absolute atomic E-state index is 0.299. The first kappa shape index (κ1) is 14.7. The van der Waals surface area contributed by atoms with E-state index < -0.39 is 11.6 Å². The quantitative estimate of drug-likeness (QED) is 0.803. The van der Waals surface area contributed by atoms with Crippen molar-refractivity contribution in [3.05, 3.63) is 50.1 Å². The molecule has 1 atom stereocenters. The third-order valence-corrected chi connectivity index (χ3v) is 5.08. The predicted molar refractivity (Wildman–Crippen MR) is 82.7 cm³/mol. The molecule has 21 heavy (non-hydrogen) atoms. The lowest BCUT2D eigenvalue weighted by molar-refractivity contribution is -0.117. The zero-order valence-corrected chi connectivity index (χ0v) is 13.4. The zero-order chi connectivity index (χ0) is 15.0. The summed E-state index contributed by atoms with van der Waals surface area (Å²) in [6.07, 6.45) is 2.59. The van der Waals surface area contributed by atoms with Gasteiger partial charge in [0.2, 0.25) is 5.91 Å². The maximum atomic E-state index is 13.8. The molecule has 2 nitrogen and oxygen atoms in total. The zero-order valence-electron chi connectivity index (χ0n) is 11.0. The summed E-state index contributed by atoms with van der Waals surface area (Å²) in [6, 6.07) is 4.20. The van der Waals surface area contributed by atoms with Crippen molar-refractivity contribution in [1.29, 1.82) is 0 Å². The summed E-state index contributed by atoms with van der Waals surface area (Å²) in [6.45, 7) is 0. The van der Waals surface area contributed by atoms with Crippen molar-refractivity contribution in [1.82, 2.24) is 0 Å². The van der Waals surface area contributed by atoms with E-state index in [1.165, 1.54) is 4.88 Å². The number of carbonyl (C=O) groups excluding carboxylic acids is 1. The van der Waals surface area contributed by atoms with Gasteiger partial charge >= 0.3 is 0 Å². The van der Waals surface area contributed by atoms with Gasteiger partial charge in [0.25, 0.3) is 0 Å². The number of rotatable bonds is 2. The van der Waals surface area contributed by atoms with Crippen molar-refractivity contribution in [2.45, 2.75) is 25.2 Å². The molecular weight excluding hydrogens is 360 g/mol. The van der Waals surface area contributed by atoms with Crippen molar-refractivity contribution >= 4 is 38.9 Å². The van der Waals surface area contributed by atoms with Gasteiger partial charge in [-0.25, -0.2) is 8.78 Å². The first-order valence-electron chi connectivity index (χ1n) is 6.58. The fraction of sp³-hybridized carbons (Fsp3) is 0.267. The topological polar surface area (TPSA) is 29.1 Å². The maximum Gasteiger partial charge on any atom is 0.232 e. The van der Waals surface area contributed by atoms with Gasteiger partial charge in [-0.1, -0.05) is 15.9 Å². The lowest BCUT2D eigenvalue weighted by Gasteiger charge is -2.22. The summed E-state index contributed by atoms with van der Waals surface area (Å²) in [7, 11) is 0. The van der Waals surface area contributed by atoms with Gasteiger partial charge in [0.05, 0.1) is 5.92 Å². The molecule has 0 aliphatic heterocycles. The van der Waals surface area contributed by atoms with Gasteiger partial charge in [0, 0.05) is 9.35 Å². The average molecular weight is 372 g/mol. The first-order valence-corrected chi connectivity index (χ1v) is 8.25. The molecular formula is C15H12BrF2NOS. The number of fused-ring (bicyclic) bond motifs is 1. The molecule has 0 spiro atoms. The number of anilines is 1. The molecule has 6 heteroatoms. The molecule has 1 N–H and O–H groups in total. The fourth-order valence-electron chi connectivity index (χ4n) is 2.63. The Hall–Kier alpha value is -1.27. The van der Waals surface area contributed by atoms with E-state index in [4.69, 9.17) is 0 Å². The van der Waals surface area contributed by atoms with Crippen molar-refractivity contribution in [2.75, 3.05) is 5.32 Å². The summed E-state index contributed by atoms with van der Waals surface area (Å²) in [5.41, 5.74) is 0.604. The molecule has 0 fully saturated rings. The standard InChI is InChI=1S/C15H12BrF2NOS/c16-8-6-11(17)14(12(18)7-8)19-15(20)10-2-1-3-13-9(10)4-5-21-13/h4-7,10H,1-3H2,(H,19,20). The maximum absolute atomic E-state index is 13.8. The number of aryl methyl sites for hydroxylation is 1. The van der Waals surface area contributed by atoms with Gasteiger partial charge in [-0.15, -0.1) is 11.3 Å². The lowest BCUT2D eigenvalue weighted by atomic mass is 9.87. The van der Waals surface area contributed by atoms with E-state index in [1.54, 1.807) is 11.3 Å². The second-order valence-corrected chi connectivity index (χ2v) is 6.89. The summed E-state index contributed by atoms with van der Waals surface area (Å²) >= 11 is 4.64. The van der Waals surface area contributed by atoms with E-state index in [0.29, 0.717) is 10.9 Å². The van der Waals surface area contributed by atoms with Gasteiger partial charge in [-0.3, -0.25) is 4.79 Å². The van der Waals surface area contributed by atoms with Crippen molar-refractivity contribution in [3.63, 3.8) is 0 Å². The summed E-state index contributed by atoms with van der Waals surface area (Å²) < 4.78 is 27.9. The first-order chi connectivity index (χ1) is 10.1. The fourth-order valence-corrected chi connectivity index (χ4v) is 4.02. The molecule has 1 aromatic heterocycles. The highest BCUT2D eigenvalue weighted by molar-refractivity contribution is 9.10.